The third kappa shape index (κ3) is 3.47. The van der Waals surface area contributed by atoms with E-state index in [0.717, 1.165) is 36.4 Å². The Morgan fingerprint density at radius 1 is 1.36 bits per heavy atom. The fourth-order valence-corrected chi connectivity index (χ4v) is 3.13. The predicted molar refractivity (Wildman–Crippen MR) is 86.5 cm³/mol. The molecule has 0 radical (unpaired) electrons. The molecule has 22 heavy (non-hydrogen) atoms. The van der Waals surface area contributed by atoms with Crippen molar-refractivity contribution in [1.29, 1.82) is 0 Å². The van der Waals surface area contributed by atoms with Gasteiger partial charge in [0.05, 0.1) is 6.42 Å². The van der Waals surface area contributed by atoms with Crippen molar-refractivity contribution in [2.45, 2.75) is 32.2 Å². The van der Waals surface area contributed by atoms with Crippen molar-refractivity contribution in [3.8, 4) is 11.5 Å². The Hall–Kier alpha value is -1.46. The molecule has 0 aromatic heterocycles. The normalized spacial score (nSPS) is 23.1. The van der Waals surface area contributed by atoms with Gasteiger partial charge in [-0.2, -0.15) is 0 Å². The third-order valence-electron chi connectivity index (χ3n) is 4.36. The Balaban J connectivity index is 0.00000176. The number of halogens is 1. The molecule has 122 valence electrons. The number of fused-ring (bicyclic) bond motifs is 1. The average molecular weight is 327 g/mol. The highest BCUT2D eigenvalue weighted by molar-refractivity contribution is 5.85. The van der Waals surface area contributed by atoms with Gasteiger partial charge in [0.2, 0.25) is 12.7 Å². The third-order valence-corrected chi connectivity index (χ3v) is 4.36. The van der Waals surface area contributed by atoms with E-state index < -0.39 is 0 Å². The standard InChI is InChI=1S/C16H22N2O3.ClH/c1-11-4-5-18(13(6-11)9-17)16(19)8-12-2-3-14-15(7-12)21-10-20-14;/h2-3,7,11,13H,4-6,8-10,17H2,1H3;1H. The molecule has 2 aliphatic rings. The molecule has 2 atom stereocenters. The van der Waals surface area contributed by atoms with Crippen molar-refractivity contribution < 1.29 is 14.3 Å². The van der Waals surface area contributed by atoms with Gasteiger partial charge in [0.1, 0.15) is 0 Å². The minimum absolute atomic E-state index is 0. The summed E-state index contributed by atoms with van der Waals surface area (Å²) in [5, 5.41) is 0. The molecule has 2 heterocycles. The van der Waals surface area contributed by atoms with E-state index in [-0.39, 0.29) is 31.1 Å². The van der Waals surface area contributed by atoms with Gasteiger partial charge < -0.3 is 20.1 Å². The van der Waals surface area contributed by atoms with Crippen LogP contribution in [0.4, 0.5) is 0 Å². The van der Waals surface area contributed by atoms with Crippen LogP contribution in [0, 0.1) is 5.92 Å². The average Bonchev–Trinajstić information content (AvgIpc) is 2.94. The van der Waals surface area contributed by atoms with Crippen LogP contribution in [0.2, 0.25) is 0 Å². The molecule has 1 aromatic rings. The summed E-state index contributed by atoms with van der Waals surface area (Å²) in [6.45, 7) is 3.83. The van der Waals surface area contributed by atoms with Crippen molar-refractivity contribution in [2.75, 3.05) is 19.9 Å². The minimum atomic E-state index is 0. The number of likely N-dealkylation sites (tertiary alicyclic amines) is 1. The fourth-order valence-electron chi connectivity index (χ4n) is 3.13. The lowest BCUT2D eigenvalue weighted by atomic mass is 9.92. The molecule has 1 saturated heterocycles. The second-order valence-corrected chi connectivity index (χ2v) is 5.97. The Bertz CT molecular complexity index is 538. The van der Waals surface area contributed by atoms with Gasteiger partial charge >= 0.3 is 0 Å². The molecule has 1 fully saturated rings. The molecule has 2 aliphatic heterocycles. The van der Waals surface area contributed by atoms with Crippen LogP contribution in [-0.2, 0) is 11.2 Å². The molecule has 3 rings (SSSR count). The summed E-state index contributed by atoms with van der Waals surface area (Å²) in [7, 11) is 0. The van der Waals surface area contributed by atoms with Crippen LogP contribution in [-0.4, -0.2) is 36.7 Å². The molecule has 0 spiro atoms. The Morgan fingerprint density at radius 3 is 2.91 bits per heavy atom. The van der Waals surface area contributed by atoms with Crippen LogP contribution in [0.5, 0.6) is 11.5 Å². The zero-order chi connectivity index (χ0) is 14.8. The summed E-state index contributed by atoms with van der Waals surface area (Å²) in [4.78, 5) is 14.5. The molecule has 2 N–H and O–H groups in total. The van der Waals surface area contributed by atoms with Crippen LogP contribution in [0.15, 0.2) is 18.2 Å². The van der Waals surface area contributed by atoms with Crippen molar-refractivity contribution >= 4 is 18.3 Å². The van der Waals surface area contributed by atoms with Gasteiger partial charge in [0, 0.05) is 19.1 Å². The number of hydrogen-bond acceptors (Lipinski definition) is 4. The van der Waals surface area contributed by atoms with Crippen molar-refractivity contribution in [3.63, 3.8) is 0 Å². The van der Waals surface area contributed by atoms with Crippen molar-refractivity contribution in [3.05, 3.63) is 23.8 Å². The first-order valence-corrected chi connectivity index (χ1v) is 7.55. The lowest BCUT2D eigenvalue weighted by molar-refractivity contribution is -0.134. The summed E-state index contributed by atoms with van der Waals surface area (Å²) in [5.41, 5.74) is 6.79. The first-order chi connectivity index (χ1) is 10.2. The lowest BCUT2D eigenvalue weighted by Gasteiger charge is -2.38. The number of carbonyl (C=O) groups is 1. The first kappa shape index (κ1) is 16.9. The van der Waals surface area contributed by atoms with Crippen LogP contribution in [0.3, 0.4) is 0 Å². The summed E-state index contributed by atoms with van der Waals surface area (Å²) < 4.78 is 10.6. The Kier molecular flexibility index (Phi) is 5.53. The number of nitrogens with zero attached hydrogens (tertiary/aromatic N) is 1. The van der Waals surface area contributed by atoms with E-state index in [9.17, 15) is 4.79 Å². The first-order valence-electron chi connectivity index (χ1n) is 7.55. The molecule has 1 aromatic carbocycles. The zero-order valence-corrected chi connectivity index (χ0v) is 13.6. The van der Waals surface area contributed by atoms with Gasteiger partial charge in [-0.1, -0.05) is 13.0 Å². The zero-order valence-electron chi connectivity index (χ0n) is 12.8. The smallest absolute Gasteiger partial charge is 0.231 e. The van der Waals surface area contributed by atoms with E-state index in [4.69, 9.17) is 15.2 Å². The van der Waals surface area contributed by atoms with Crippen LogP contribution in [0.25, 0.3) is 0 Å². The number of benzene rings is 1. The second kappa shape index (κ2) is 7.20. The summed E-state index contributed by atoms with van der Waals surface area (Å²) in [5.74, 6) is 2.27. The van der Waals surface area contributed by atoms with Crippen molar-refractivity contribution in [2.24, 2.45) is 11.7 Å². The molecule has 0 bridgehead atoms. The quantitative estimate of drug-likeness (QED) is 0.922. The number of rotatable bonds is 3. The number of nitrogens with two attached hydrogens (primary N) is 1. The lowest BCUT2D eigenvalue weighted by Crippen LogP contribution is -2.49. The van der Waals surface area contributed by atoms with Gasteiger partial charge in [0.15, 0.2) is 11.5 Å². The van der Waals surface area contributed by atoms with Crippen molar-refractivity contribution in [1.82, 2.24) is 4.90 Å². The number of carbonyl (C=O) groups excluding carboxylic acids is 1. The Labute approximate surface area is 137 Å². The minimum Gasteiger partial charge on any atom is -0.454 e. The maximum absolute atomic E-state index is 12.5. The topological polar surface area (TPSA) is 64.8 Å². The highest BCUT2D eigenvalue weighted by Crippen LogP contribution is 2.33. The van der Waals surface area contributed by atoms with E-state index in [2.05, 4.69) is 6.92 Å². The van der Waals surface area contributed by atoms with Gasteiger partial charge in [-0.15, -0.1) is 12.4 Å². The molecular weight excluding hydrogens is 304 g/mol. The maximum Gasteiger partial charge on any atom is 0.231 e. The van der Waals surface area contributed by atoms with E-state index in [0.29, 0.717) is 18.9 Å². The molecular formula is C16H23ClN2O3. The molecule has 2 unspecified atom stereocenters. The summed E-state index contributed by atoms with van der Waals surface area (Å²) in [6.07, 6.45) is 2.45. The number of amides is 1. The summed E-state index contributed by atoms with van der Waals surface area (Å²) >= 11 is 0. The SMILES string of the molecule is CC1CCN(C(=O)Cc2ccc3c(c2)OCO3)C(CN)C1.Cl. The number of hydrogen-bond donors (Lipinski definition) is 1. The van der Waals surface area contributed by atoms with Crippen LogP contribution in [0.1, 0.15) is 25.3 Å². The van der Waals surface area contributed by atoms with Crippen LogP contribution >= 0.6 is 12.4 Å². The predicted octanol–water partition coefficient (Wildman–Crippen LogP) is 1.97. The van der Waals surface area contributed by atoms with E-state index in [1.54, 1.807) is 0 Å². The Morgan fingerprint density at radius 2 is 2.14 bits per heavy atom. The van der Waals surface area contributed by atoms with Gasteiger partial charge in [-0.05, 0) is 36.5 Å². The van der Waals surface area contributed by atoms with Gasteiger partial charge in [-0.3, -0.25) is 4.79 Å². The van der Waals surface area contributed by atoms with E-state index in [1.165, 1.54) is 0 Å². The number of ether oxygens (including phenoxy) is 2. The molecule has 6 heteroatoms. The highest BCUT2D eigenvalue weighted by Gasteiger charge is 2.29. The van der Waals surface area contributed by atoms with E-state index in [1.807, 2.05) is 23.1 Å². The highest BCUT2D eigenvalue weighted by atomic mass is 35.5. The molecule has 0 saturated carbocycles. The fraction of sp³-hybridized carbons (Fsp3) is 0.562. The number of piperidine rings is 1. The second-order valence-electron chi connectivity index (χ2n) is 5.97. The monoisotopic (exact) mass is 326 g/mol. The van der Waals surface area contributed by atoms with E-state index >= 15 is 0 Å². The van der Waals surface area contributed by atoms with Crippen LogP contribution < -0.4 is 15.2 Å². The van der Waals surface area contributed by atoms with Gasteiger partial charge in [-0.25, -0.2) is 0 Å². The maximum atomic E-state index is 12.5. The van der Waals surface area contributed by atoms with Gasteiger partial charge in [0.25, 0.3) is 0 Å². The largest absolute Gasteiger partial charge is 0.454 e. The molecule has 1 amide bonds. The molecule has 5 nitrogen and oxygen atoms in total. The molecule has 0 aliphatic carbocycles. The summed E-state index contributed by atoms with van der Waals surface area (Å²) in [6, 6.07) is 5.86.